The Balaban J connectivity index is 1.41. The van der Waals surface area contributed by atoms with E-state index < -0.39 is 5.97 Å². The van der Waals surface area contributed by atoms with Gasteiger partial charge in [0.25, 0.3) is 5.91 Å². The van der Waals surface area contributed by atoms with Crippen molar-refractivity contribution in [3.8, 4) is 5.69 Å². The van der Waals surface area contributed by atoms with Gasteiger partial charge in [0.15, 0.2) is 6.61 Å². The molecule has 0 unspecified atom stereocenters. The molecule has 0 spiro atoms. The lowest BCUT2D eigenvalue weighted by Crippen LogP contribution is -2.30. The normalized spacial score (nSPS) is 10.4. The van der Waals surface area contributed by atoms with Crippen LogP contribution in [0.25, 0.3) is 5.69 Å². The Morgan fingerprint density at radius 3 is 2.48 bits per heavy atom. The van der Waals surface area contributed by atoms with Gasteiger partial charge in [-0.3, -0.25) is 4.79 Å². The Morgan fingerprint density at radius 2 is 1.81 bits per heavy atom. The van der Waals surface area contributed by atoms with Crippen molar-refractivity contribution in [2.45, 2.75) is 6.42 Å². The van der Waals surface area contributed by atoms with Crippen LogP contribution in [0.3, 0.4) is 0 Å². The molecule has 3 aromatic rings. The van der Waals surface area contributed by atoms with E-state index in [1.54, 1.807) is 36.4 Å². The Hall–Kier alpha value is -3.26. The first kappa shape index (κ1) is 18.5. The highest BCUT2D eigenvalue weighted by atomic mass is 35.5. The first-order valence-electron chi connectivity index (χ1n) is 8.13. The summed E-state index contributed by atoms with van der Waals surface area (Å²) in [4.78, 5) is 23.8. The van der Waals surface area contributed by atoms with E-state index in [0.717, 1.165) is 5.56 Å². The molecule has 1 heterocycles. The van der Waals surface area contributed by atoms with Gasteiger partial charge in [0, 0.05) is 11.6 Å². The number of amides is 1. The molecule has 3 rings (SSSR count). The number of rotatable bonds is 7. The molecular formula is C18H16ClN5O3. The number of esters is 1. The van der Waals surface area contributed by atoms with Crippen LogP contribution < -0.4 is 5.32 Å². The molecule has 0 radical (unpaired) electrons. The minimum atomic E-state index is -0.578. The third kappa shape index (κ3) is 5.35. The highest BCUT2D eigenvalue weighted by Crippen LogP contribution is 2.10. The topological polar surface area (TPSA) is 99.0 Å². The SMILES string of the molecule is O=C(COC(=O)c1ccc(-n2cnnn2)cc1)NCCc1ccc(Cl)cc1. The summed E-state index contributed by atoms with van der Waals surface area (Å²) in [5, 5.41) is 14.2. The van der Waals surface area contributed by atoms with Gasteiger partial charge in [0.05, 0.1) is 11.3 Å². The molecule has 1 aromatic heterocycles. The van der Waals surface area contributed by atoms with Gasteiger partial charge >= 0.3 is 5.97 Å². The van der Waals surface area contributed by atoms with Crippen LogP contribution in [0.1, 0.15) is 15.9 Å². The number of carbonyl (C=O) groups excluding carboxylic acids is 2. The molecule has 0 aliphatic rings. The molecule has 1 N–H and O–H groups in total. The lowest BCUT2D eigenvalue weighted by molar-refractivity contribution is -0.124. The van der Waals surface area contributed by atoms with E-state index in [-0.39, 0.29) is 12.5 Å². The monoisotopic (exact) mass is 385 g/mol. The molecule has 9 heteroatoms. The molecule has 8 nitrogen and oxygen atoms in total. The Labute approximate surface area is 160 Å². The second-order valence-corrected chi connectivity index (χ2v) is 6.04. The number of halogens is 1. The van der Waals surface area contributed by atoms with Gasteiger partial charge in [-0.15, -0.1) is 5.10 Å². The zero-order chi connectivity index (χ0) is 19.1. The highest BCUT2D eigenvalue weighted by Gasteiger charge is 2.10. The van der Waals surface area contributed by atoms with Crippen molar-refractivity contribution in [2.75, 3.05) is 13.2 Å². The van der Waals surface area contributed by atoms with E-state index >= 15 is 0 Å². The molecule has 0 atom stereocenters. The largest absolute Gasteiger partial charge is 0.452 e. The average Bonchev–Trinajstić information content (AvgIpc) is 3.22. The summed E-state index contributed by atoms with van der Waals surface area (Å²) in [6.07, 6.45) is 2.11. The second kappa shape index (κ2) is 8.91. The number of tetrazole rings is 1. The van der Waals surface area contributed by atoms with Crippen LogP contribution in [0.5, 0.6) is 0 Å². The molecule has 0 fully saturated rings. The van der Waals surface area contributed by atoms with Gasteiger partial charge in [-0.2, -0.15) is 0 Å². The molecule has 0 saturated heterocycles. The summed E-state index contributed by atoms with van der Waals surface area (Å²) in [6.45, 7) is 0.104. The number of aromatic nitrogens is 4. The van der Waals surface area contributed by atoms with Gasteiger partial charge in [-0.25, -0.2) is 9.48 Å². The van der Waals surface area contributed by atoms with Crippen LogP contribution >= 0.6 is 11.6 Å². The molecule has 2 aromatic carbocycles. The second-order valence-electron chi connectivity index (χ2n) is 5.60. The summed E-state index contributed by atoms with van der Waals surface area (Å²) < 4.78 is 6.48. The average molecular weight is 386 g/mol. The predicted molar refractivity (Wildman–Crippen MR) is 97.6 cm³/mol. The maximum atomic E-state index is 12.0. The fourth-order valence-corrected chi connectivity index (χ4v) is 2.42. The molecule has 0 saturated carbocycles. The third-order valence-electron chi connectivity index (χ3n) is 3.70. The molecule has 0 bridgehead atoms. The Bertz CT molecular complexity index is 896. The van der Waals surface area contributed by atoms with Crippen LogP contribution in [0.2, 0.25) is 5.02 Å². The van der Waals surface area contributed by atoms with Crippen LogP contribution in [0.4, 0.5) is 0 Å². The number of nitrogens with one attached hydrogen (secondary N) is 1. The molecular weight excluding hydrogens is 370 g/mol. The lowest BCUT2D eigenvalue weighted by Gasteiger charge is -2.07. The van der Waals surface area contributed by atoms with Crippen molar-refractivity contribution < 1.29 is 14.3 Å². The zero-order valence-corrected chi connectivity index (χ0v) is 15.0. The van der Waals surface area contributed by atoms with E-state index in [1.807, 2.05) is 12.1 Å². The predicted octanol–water partition coefficient (Wildman–Crippen LogP) is 1.83. The minimum Gasteiger partial charge on any atom is -0.452 e. The van der Waals surface area contributed by atoms with E-state index in [2.05, 4.69) is 20.8 Å². The van der Waals surface area contributed by atoms with Crippen molar-refractivity contribution in [2.24, 2.45) is 0 Å². The molecule has 0 aliphatic heterocycles. The van der Waals surface area contributed by atoms with Crippen LogP contribution in [0, 0.1) is 0 Å². The fourth-order valence-electron chi connectivity index (χ4n) is 2.29. The third-order valence-corrected chi connectivity index (χ3v) is 3.95. The molecule has 1 amide bonds. The summed E-state index contributed by atoms with van der Waals surface area (Å²) in [7, 11) is 0. The first-order valence-corrected chi connectivity index (χ1v) is 8.51. The van der Waals surface area contributed by atoms with E-state index in [4.69, 9.17) is 16.3 Å². The Morgan fingerprint density at radius 1 is 1.07 bits per heavy atom. The van der Waals surface area contributed by atoms with Crippen molar-refractivity contribution >= 4 is 23.5 Å². The van der Waals surface area contributed by atoms with E-state index in [9.17, 15) is 9.59 Å². The van der Waals surface area contributed by atoms with Crippen LogP contribution in [0.15, 0.2) is 54.9 Å². The van der Waals surface area contributed by atoms with Gasteiger partial charge in [-0.1, -0.05) is 23.7 Å². The summed E-state index contributed by atoms with van der Waals surface area (Å²) in [5.74, 6) is -0.936. The number of hydrogen-bond donors (Lipinski definition) is 1. The van der Waals surface area contributed by atoms with Crippen LogP contribution in [-0.4, -0.2) is 45.2 Å². The van der Waals surface area contributed by atoms with Crippen molar-refractivity contribution in [1.29, 1.82) is 0 Å². The molecule has 138 valence electrons. The summed E-state index contributed by atoms with van der Waals surface area (Å²) >= 11 is 5.82. The standard InChI is InChI=1S/C18H16ClN5O3/c19-15-5-1-13(2-6-15)9-10-20-17(25)11-27-18(26)14-3-7-16(8-4-14)24-12-21-22-23-24/h1-8,12H,9-11H2,(H,20,25). The van der Waals surface area contributed by atoms with E-state index in [1.165, 1.54) is 11.0 Å². The maximum absolute atomic E-state index is 12.0. The van der Waals surface area contributed by atoms with Gasteiger partial charge < -0.3 is 10.1 Å². The number of benzene rings is 2. The number of carbonyl (C=O) groups is 2. The maximum Gasteiger partial charge on any atom is 0.338 e. The minimum absolute atomic E-state index is 0.334. The van der Waals surface area contributed by atoms with Crippen molar-refractivity contribution in [1.82, 2.24) is 25.5 Å². The smallest absolute Gasteiger partial charge is 0.338 e. The van der Waals surface area contributed by atoms with Gasteiger partial charge in [0.1, 0.15) is 6.33 Å². The van der Waals surface area contributed by atoms with Gasteiger partial charge in [-0.05, 0) is 58.8 Å². The van der Waals surface area contributed by atoms with Crippen molar-refractivity contribution in [3.05, 3.63) is 71.0 Å². The summed E-state index contributed by atoms with van der Waals surface area (Å²) in [6, 6.07) is 13.9. The number of ether oxygens (including phenoxy) is 1. The van der Waals surface area contributed by atoms with E-state index in [0.29, 0.717) is 29.2 Å². The Kier molecular flexibility index (Phi) is 6.11. The molecule has 27 heavy (non-hydrogen) atoms. The summed E-state index contributed by atoms with van der Waals surface area (Å²) in [5.41, 5.74) is 2.09. The molecule has 0 aliphatic carbocycles. The quantitative estimate of drug-likeness (QED) is 0.623. The fraction of sp³-hybridized carbons (Fsp3) is 0.167. The first-order chi connectivity index (χ1) is 13.1. The highest BCUT2D eigenvalue weighted by molar-refractivity contribution is 6.30. The zero-order valence-electron chi connectivity index (χ0n) is 14.2. The van der Waals surface area contributed by atoms with Gasteiger partial charge in [0.2, 0.25) is 0 Å². The lowest BCUT2D eigenvalue weighted by atomic mass is 10.1. The van der Waals surface area contributed by atoms with Crippen LogP contribution in [-0.2, 0) is 16.0 Å². The number of nitrogens with zero attached hydrogens (tertiary/aromatic N) is 4. The number of hydrogen-bond acceptors (Lipinski definition) is 6. The van der Waals surface area contributed by atoms with Crippen molar-refractivity contribution in [3.63, 3.8) is 0 Å².